The first kappa shape index (κ1) is 13.2. The Balaban J connectivity index is 2.00. The molecule has 0 saturated heterocycles. The predicted octanol–water partition coefficient (Wildman–Crippen LogP) is 3.20. The van der Waals surface area contributed by atoms with Crippen molar-refractivity contribution in [3.8, 4) is 0 Å². The third-order valence-electron chi connectivity index (χ3n) is 2.75. The third-order valence-corrected chi connectivity index (χ3v) is 2.75. The van der Waals surface area contributed by atoms with E-state index in [2.05, 4.69) is 5.32 Å². The molecule has 0 aliphatic rings. The van der Waals surface area contributed by atoms with Crippen molar-refractivity contribution in [2.75, 3.05) is 0 Å². The molecule has 0 saturated carbocycles. The van der Waals surface area contributed by atoms with Crippen LogP contribution in [0.15, 0.2) is 42.5 Å². The van der Waals surface area contributed by atoms with E-state index in [-0.39, 0.29) is 12.5 Å². The SMILES string of the molecule is Cc1ccc(C(=O)NCc2ccc(F)c(F)c2)cc1. The van der Waals surface area contributed by atoms with E-state index in [1.165, 1.54) is 6.07 Å². The van der Waals surface area contributed by atoms with Crippen molar-refractivity contribution in [1.29, 1.82) is 0 Å². The highest BCUT2D eigenvalue weighted by Crippen LogP contribution is 2.09. The summed E-state index contributed by atoms with van der Waals surface area (Å²) in [5.41, 5.74) is 2.12. The highest BCUT2D eigenvalue weighted by Gasteiger charge is 2.06. The number of rotatable bonds is 3. The first-order valence-electron chi connectivity index (χ1n) is 5.85. The molecule has 0 heterocycles. The summed E-state index contributed by atoms with van der Waals surface area (Å²) in [7, 11) is 0. The molecule has 0 aliphatic carbocycles. The second kappa shape index (κ2) is 5.61. The number of hydrogen-bond acceptors (Lipinski definition) is 1. The van der Waals surface area contributed by atoms with Crippen LogP contribution < -0.4 is 5.32 Å². The van der Waals surface area contributed by atoms with Gasteiger partial charge in [-0.1, -0.05) is 23.8 Å². The van der Waals surface area contributed by atoms with E-state index in [1.54, 1.807) is 12.1 Å². The summed E-state index contributed by atoms with van der Waals surface area (Å²) in [6.07, 6.45) is 0. The topological polar surface area (TPSA) is 29.1 Å². The Hall–Kier alpha value is -2.23. The van der Waals surface area contributed by atoms with Gasteiger partial charge >= 0.3 is 0 Å². The highest BCUT2D eigenvalue weighted by atomic mass is 19.2. The number of aryl methyl sites for hydroxylation is 1. The lowest BCUT2D eigenvalue weighted by molar-refractivity contribution is 0.0951. The van der Waals surface area contributed by atoms with Crippen LogP contribution in [-0.2, 0) is 6.54 Å². The van der Waals surface area contributed by atoms with Crippen molar-refractivity contribution in [2.24, 2.45) is 0 Å². The molecule has 19 heavy (non-hydrogen) atoms. The molecule has 98 valence electrons. The zero-order chi connectivity index (χ0) is 13.8. The molecular weight excluding hydrogens is 248 g/mol. The minimum atomic E-state index is -0.915. The van der Waals surface area contributed by atoms with Crippen LogP contribution >= 0.6 is 0 Å². The molecule has 0 aliphatic heterocycles. The number of benzene rings is 2. The van der Waals surface area contributed by atoms with Crippen LogP contribution in [0, 0.1) is 18.6 Å². The van der Waals surface area contributed by atoms with Crippen LogP contribution in [0.25, 0.3) is 0 Å². The van der Waals surface area contributed by atoms with Gasteiger partial charge in [-0.15, -0.1) is 0 Å². The number of nitrogens with one attached hydrogen (secondary N) is 1. The molecule has 2 aromatic carbocycles. The average Bonchev–Trinajstić information content (AvgIpc) is 2.40. The minimum absolute atomic E-state index is 0.157. The smallest absolute Gasteiger partial charge is 0.251 e. The molecule has 0 unspecified atom stereocenters. The van der Waals surface area contributed by atoms with Gasteiger partial charge in [-0.3, -0.25) is 4.79 Å². The average molecular weight is 261 g/mol. The van der Waals surface area contributed by atoms with Gasteiger partial charge in [0.15, 0.2) is 11.6 Å². The number of carbonyl (C=O) groups is 1. The summed E-state index contributed by atoms with van der Waals surface area (Å²) < 4.78 is 25.7. The largest absolute Gasteiger partial charge is 0.348 e. The fraction of sp³-hybridized carbons (Fsp3) is 0.133. The maximum Gasteiger partial charge on any atom is 0.251 e. The maximum atomic E-state index is 13.0. The quantitative estimate of drug-likeness (QED) is 0.903. The van der Waals surface area contributed by atoms with Gasteiger partial charge in [-0.2, -0.15) is 0 Å². The monoisotopic (exact) mass is 261 g/mol. The summed E-state index contributed by atoms with van der Waals surface area (Å²) >= 11 is 0. The Kier molecular flexibility index (Phi) is 3.90. The summed E-state index contributed by atoms with van der Waals surface area (Å²) in [6.45, 7) is 2.09. The van der Waals surface area contributed by atoms with Gasteiger partial charge in [-0.05, 0) is 36.8 Å². The summed E-state index contributed by atoms with van der Waals surface area (Å²) in [6, 6.07) is 10.7. The van der Waals surface area contributed by atoms with E-state index in [4.69, 9.17) is 0 Å². The van der Waals surface area contributed by atoms with Crippen LogP contribution in [0.3, 0.4) is 0 Å². The zero-order valence-corrected chi connectivity index (χ0v) is 10.4. The molecule has 4 heteroatoms. The van der Waals surface area contributed by atoms with Gasteiger partial charge in [0, 0.05) is 12.1 Å². The number of halogens is 2. The number of hydrogen-bond donors (Lipinski definition) is 1. The van der Waals surface area contributed by atoms with Crippen LogP contribution in [0.5, 0.6) is 0 Å². The van der Waals surface area contributed by atoms with Gasteiger partial charge in [0.2, 0.25) is 0 Å². The van der Waals surface area contributed by atoms with E-state index in [1.807, 2.05) is 19.1 Å². The summed E-state index contributed by atoms with van der Waals surface area (Å²) in [4.78, 5) is 11.8. The fourth-order valence-corrected chi connectivity index (χ4v) is 1.64. The van der Waals surface area contributed by atoms with Gasteiger partial charge < -0.3 is 5.32 Å². The summed E-state index contributed by atoms with van der Waals surface area (Å²) in [5, 5.41) is 2.65. The Morgan fingerprint density at radius 1 is 1.05 bits per heavy atom. The molecule has 1 amide bonds. The van der Waals surface area contributed by atoms with Crippen LogP contribution in [-0.4, -0.2) is 5.91 Å². The molecule has 0 bridgehead atoms. The molecule has 0 radical (unpaired) electrons. The number of carbonyl (C=O) groups excluding carboxylic acids is 1. The van der Waals surface area contributed by atoms with E-state index < -0.39 is 11.6 Å². The second-order valence-corrected chi connectivity index (χ2v) is 4.30. The predicted molar refractivity (Wildman–Crippen MR) is 68.7 cm³/mol. The van der Waals surface area contributed by atoms with E-state index >= 15 is 0 Å². The zero-order valence-electron chi connectivity index (χ0n) is 10.4. The minimum Gasteiger partial charge on any atom is -0.348 e. The van der Waals surface area contributed by atoms with E-state index in [0.29, 0.717) is 11.1 Å². The van der Waals surface area contributed by atoms with Crippen molar-refractivity contribution in [3.63, 3.8) is 0 Å². The lowest BCUT2D eigenvalue weighted by Crippen LogP contribution is -2.22. The van der Waals surface area contributed by atoms with Crippen molar-refractivity contribution in [2.45, 2.75) is 13.5 Å². The molecule has 0 aromatic heterocycles. The Morgan fingerprint density at radius 2 is 1.74 bits per heavy atom. The molecule has 0 fully saturated rings. The lowest BCUT2D eigenvalue weighted by atomic mass is 10.1. The van der Waals surface area contributed by atoms with E-state index in [9.17, 15) is 13.6 Å². The molecule has 1 N–H and O–H groups in total. The first-order chi connectivity index (χ1) is 9.06. The molecule has 2 aromatic rings. The fourth-order valence-electron chi connectivity index (χ4n) is 1.64. The Labute approximate surface area is 110 Å². The molecule has 0 atom stereocenters. The van der Waals surface area contributed by atoms with Crippen LogP contribution in [0.1, 0.15) is 21.5 Å². The van der Waals surface area contributed by atoms with Crippen LogP contribution in [0.4, 0.5) is 8.78 Å². The van der Waals surface area contributed by atoms with Crippen molar-refractivity contribution >= 4 is 5.91 Å². The molecular formula is C15H13F2NO. The third kappa shape index (κ3) is 3.37. The summed E-state index contributed by atoms with van der Waals surface area (Å²) in [5.74, 6) is -2.06. The maximum absolute atomic E-state index is 13.0. The van der Waals surface area contributed by atoms with Gasteiger partial charge in [-0.25, -0.2) is 8.78 Å². The first-order valence-corrected chi connectivity index (χ1v) is 5.85. The Bertz CT molecular complexity index is 594. The van der Waals surface area contributed by atoms with Crippen molar-refractivity contribution in [3.05, 3.63) is 70.8 Å². The van der Waals surface area contributed by atoms with Crippen molar-refractivity contribution < 1.29 is 13.6 Å². The van der Waals surface area contributed by atoms with Crippen molar-refractivity contribution in [1.82, 2.24) is 5.32 Å². The standard InChI is InChI=1S/C15H13F2NO/c1-10-2-5-12(6-3-10)15(19)18-9-11-4-7-13(16)14(17)8-11/h2-8H,9H2,1H3,(H,18,19). The molecule has 0 spiro atoms. The van der Waals surface area contributed by atoms with Gasteiger partial charge in [0.1, 0.15) is 0 Å². The number of amides is 1. The van der Waals surface area contributed by atoms with E-state index in [0.717, 1.165) is 17.7 Å². The van der Waals surface area contributed by atoms with Gasteiger partial charge in [0.25, 0.3) is 5.91 Å². The Morgan fingerprint density at radius 3 is 2.37 bits per heavy atom. The lowest BCUT2D eigenvalue weighted by Gasteiger charge is -2.06. The normalized spacial score (nSPS) is 10.3. The second-order valence-electron chi connectivity index (χ2n) is 4.30. The molecule has 2 nitrogen and oxygen atoms in total. The van der Waals surface area contributed by atoms with Crippen LogP contribution in [0.2, 0.25) is 0 Å². The van der Waals surface area contributed by atoms with Gasteiger partial charge in [0.05, 0.1) is 0 Å². The highest BCUT2D eigenvalue weighted by molar-refractivity contribution is 5.94. The molecule has 2 rings (SSSR count).